The molecule has 0 unspecified atom stereocenters. The Balaban J connectivity index is 1.88. The van der Waals surface area contributed by atoms with E-state index in [1.165, 1.54) is 0 Å². The summed E-state index contributed by atoms with van der Waals surface area (Å²) in [6, 6.07) is 8.11. The fourth-order valence-electron chi connectivity index (χ4n) is 3.18. The summed E-state index contributed by atoms with van der Waals surface area (Å²) in [5, 5.41) is 2.96. The third-order valence-corrected chi connectivity index (χ3v) is 4.75. The predicted molar refractivity (Wildman–Crippen MR) is 110 cm³/mol. The number of Topliss-reactive ketones (excluding diaryl/α,β-unsaturated/α-hetero) is 1. The van der Waals surface area contributed by atoms with Crippen LogP contribution in [-0.2, 0) is 14.3 Å². The molecular weight excluding hydrogens is 396 g/mol. The number of amides is 1. The highest BCUT2D eigenvalue weighted by Crippen LogP contribution is 2.21. The van der Waals surface area contributed by atoms with Gasteiger partial charge in [0.1, 0.15) is 6.54 Å². The summed E-state index contributed by atoms with van der Waals surface area (Å²) in [7, 11) is 1.63. The molecule has 0 radical (unpaired) electrons. The highest BCUT2D eigenvalue weighted by atomic mass is 35.5. The number of rotatable bonds is 9. The van der Waals surface area contributed by atoms with Crippen molar-refractivity contribution in [2.75, 3.05) is 26.9 Å². The summed E-state index contributed by atoms with van der Waals surface area (Å²) in [5.41, 5.74) is 2.60. The van der Waals surface area contributed by atoms with Crippen LogP contribution in [0.5, 0.6) is 0 Å². The van der Waals surface area contributed by atoms with Crippen molar-refractivity contribution in [2.45, 2.75) is 26.8 Å². The molecule has 1 aromatic heterocycles. The van der Waals surface area contributed by atoms with Crippen LogP contribution in [0.2, 0.25) is 5.02 Å². The monoisotopic (exact) mass is 420 g/mol. The van der Waals surface area contributed by atoms with E-state index in [1.807, 2.05) is 25.3 Å². The number of hydrogen-bond donors (Lipinski definition) is 1. The maximum absolute atomic E-state index is 12.5. The third kappa shape index (κ3) is 5.92. The van der Waals surface area contributed by atoms with Crippen molar-refractivity contribution >= 4 is 29.3 Å². The van der Waals surface area contributed by atoms with Crippen LogP contribution in [0.3, 0.4) is 0 Å². The van der Waals surface area contributed by atoms with Crippen LogP contribution in [-0.4, -0.2) is 49.1 Å². The number of esters is 1. The van der Waals surface area contributed by atoms with Gasteiger partial charge in [-0.15, -0.1) is 0 Å². The molecule has 2 rings (SSSR count). The zero-order valence-corrected chi connectivity index (χ0v) is 17.7. The van der Waals surface area contributed by atoms with Gasteiger partial charge in [0.15, 0.2) is 6.61 Å². The van der Waals surface area contributed by atoms with Crippen molar-refractivity contribution in [3.63, 3.8) is 0 Å². The Bertz CT molecular complexity index is 889. The van der Waals surface area contributed by atoms with E-state index in [9.17, 15) is 14.4 Å². The first-order chi connectivity index (χ1) is 13.7. The Kier molecular flexibility index (Phi) is 7.99. The minimum atomic E-state index is -0.692. The number of methoxy groups -OCH3 is 1. The van der Waals surface area contributed by atoms with Gasteiger partial charge in [0, 0.05) is 34.6 Å². The standard InChI is InChI=1S/C21H25ClN2O5/c1-13-9-18(15(3)24(13)14(2)11-28-4)19(25)12-29-20(26)10-23-21(27)16-5-7-17(22)8-6-16/h5-9,14H,10-12H2,1-4H3,(H,23,27)/t14-/m1/s1. The van der Waals surface area contributed by atoms with Crippen LogP contribution < -0.4 is 5.32 Å². The van der Waals surface area contributed by atoms with E-state index in [-0.39, 0.29) is 18.4 Å². The molecule has 0 spiro atoms. The fraction of sp³-hybridized carbons (Fsp3) is 0.381. The van der Waals surface area contributed by atoms with Crippen molar-refractivity contribution in [3.8, 4) is 0 Å². The summed E-state index contributed by atoms with van der Waals surface area (Å²) >= 11 is 5.78. The molecule has 0 bridgehead atoms. The minimum absolute atomic E-state index is 0.0761. The second kappa shape index (κ2) is 10.2. The van der Waals surface area contributed by atoms with Gasteiger partial charge in [0.25, 0.3) is 5.91 Å². The lowest BCUT2D eigenvalue weighted by Crippen LogP contribution is -2.31. The van der Waals surface area contributed by atoms with E-state index < -0.39 is 18.5 Å². The largest absolute Gasteiger partial charge is 0.456 e. The van der Waals surface area contributed by atoms with Gasteiger partial charge < -0.3 is 19.4 Å². The third-order valence-electron chi connectivity index (χ3n) is 4.50. The van der Waals surface area contributed by atoms with Gasteiger partial charge in [-0.3, -0.25) is 14.4 Å². The minimum Gasteiger partial charge on any atom is -0.456 e. The number of benzene rings is 1. The lowest BCUT2D eigenvalue weighted by atomic mass is 10.1. The first-order valence-electron chi connectivity index (χ1n) is 9.14. The summed E-state index contributed by atoms with van der Waals surface area (Å²) in [6.45, 7) is 5.56. The molecule has 1 amide bonds. The number of carbonyl (C=O) groups excluding carboxylic acids is 3. The van der Waals surface area contributed by atoms with Gasteiger partial charge in [0.05, 0.1) is 12.6 Å². The molecular formula is C21H25ClN2O5. The van der Waals surface area contributed by atoms with Gasteiger partial charge in [-0.05, 0) is 51.1 Å². The van der Waals surface area contributed by atoms with Crippen molar-refractivity contribution in [1.82, 2.24) is 9.88 Å². The topological polar surface area (TPSA) is 86.6 Å². The number of ether oxygens (including phenoxy) is 2. The highest BCUT2D eigenvalue weighted by Gasteiger charge is 2.20. The number of carbonyl (C=O) groups is 3. The number of nitrogens with zero attached hydrogens (tertiary/aromatic N) is 1. The fourth-order valence-corrected chi connectivity index (χ4v) is 3.31. The smallest absolute Gasteiger partial charge is 0.325 e. The van der Waals surface area contributed by atoms with E-state index in [2.05, 4.69) is 5.32 Å². The molecule has 156 valence electrons. The molecule has 1 N–H and O–H groups in total. The van der Waals surface area contributed by atoms with Gasteiger partial charge in [-0.25, -0.2) is 0 Å². The Morgan fingerprint density at radius 2 is 1.83 bits per heavy atom. The van der Waals surface area contributed by atoms with Crippen LogP contribution in [0.25, 0.3) is 0 Å². The average Bonchev–Trinajstić information content (AvgIpc) is 2.99. The Labute approximate surface area is 174 Å². The summed E-state index contributed by atoms with van der Waals surface area (Å²) in [4.78, 5) is 36.4. The number of aryl methyl sites for hydroxylation is 1. The van der Waals surface area contributed by atoms with Crippen LogP contribution >= 0.6 is 11.6 Å². The number of nitrogens with one attached hydrogen (secondary N) is 1. The maximum atomic E-state index is 12.5. The molecule has 8 heteroatoms. The average molecular weight is 421 g/mol. The summed E-state index contributed by atoms with van der Waals surface area (Å²) < 4.78 is 12.2. The van der Waals surface area contributed by atoms with Crippen LogP contribution in [0.15, 0.2) is 30.3 Å². The van der Waals surface area contributed by atoms with E-state index in [4.69, 9.17) is 21.1 Å². The zero-order chi connectivity index (χ0) is 21.6. The first kappa shape index (κ1) is 22.6. The molecule has 0 saturated heterocycles. The van der Waals surface area contributed by atoms with Crippen molar-refractivity contribution in [3.05, 3.63) is 57.9 Å². The number of ketones is 1. The molecule has 0 aliphatic carbocycles. The molecule has 7 nitrogen and oxygen atoms in total. The number of aromatic nitrogens is 1. The van der Waals surface area contributed by atoms with Crippen molar-refractivity contribution < 1.29 is 23.9 Å². The second-order valence-corrected chi connectivity index (χ2v) is 7.17. The molecule has 0 aliphatic rings. The van der Waals surface area contributed by atoms with Gasteiger partial charge in [-0.2, -0.15) is 0 Å². The van der Waals surface area contributed by atoms with E-state index in [1.54, 1.807) is 37.4 Å². The maximum Gasteiger partial charge on any atom is 0.325 e. The number of halogens is 1. The predicted octanol–water partition coefficient (Wildman–Crippen LogP) is 3.12. The molecule has 2 aromatic rings. The van der Waals surface area contributed by atoms with Crippen LogP contribution in [0, 0.1) is 13.8 Å². The lowest BCUT2D eigenvalue weighted by molar-refractivity contribution is -0.141. The van der Waals surface area contributed by atoms with Gasteiger partial charge in [0.2, 0.25) is 5.78 Å². The molecule has 0 aliphatic heterocycles. The normalized spacial score (nSPS) is 11.8. The summed E-state index contributed by atoms with van der Waals surface area (Å²) in [5.74, 6) is -1.42. The zero-order valence-electron chi connectivity index (χ0n) is 17.0. The Morgan fingerprint density at radius 3 is 2.45 bits per heavy atom. The Hall–Kier alpha value is -2.64. The quantitative estimate of drug-likeness (QED) is 0.497. The second-order valence-electron chi connectivity index (χ2n) is 6.73. The SMILES string of the molecule is COC[C@@H](C)n1c(C)cc(C(=O)COC(=O)CNC(=O)c2ccc(Cl)cc2)c1C. The molecule has 1 atom stereocenters. The van der Waals surface area contributed by atoms with Gasteiger partial charge in [-0.1, -0.05) is 11.6 Å². The van der Waals surface area contributed by atoms with Crippen LogP contribution in [0.4, 0.5) is 0 Å². The molecule has 0 fully saturated rings. The van der Waals surface area contributed by atoms with Crippen LogP contribution in [0.1, 0.15) is 45.1 Å². The molecule has 0 saturated carbocycles. The summed E-state index contributed by atoms with van der Waals surface area (Å²) in [6.07, 6.45) is 0. The Morgan fingerprint density at radius 1 is 1.17 bits per heavy atom. The van der Waals surface area contributed by atoms with Gasteiger partial charge >= 0.3 is 5.97 Å². The van der Waals surface area contributed by atoms with E-state index >= 15 is 0 Å². The van der Waals surface area contributed by atoms with E-state index in [0.717, 1.165) is 11.4 Å². The first-order valence-corrected chi connectivity index (χ1v) is 9.52. The highest BCUT2D eigenvalue weighted by molar-refractivity contribution is 6.30. The molecule has 29 heavy (non-hydrogen) atoms. The number of hydrogen-bond acceptors (Lipinski definition) is 5. The van der Waals surface area contributed by atoms with Crippen molar-refractivity contribution in [1.29, 1.82) is 0 Å². The molecule has 1 heterocycles. The van der Waals surface area contributed by atoms with Crippen molar-refractivity contribution in [2.24, 2.45) is 0 Å². The van der Waals surface area contributed by atoms with E-state index in [0.29, 0.717) is 22.8 Å². The molecule has 1 aromatic carbocycles. The lowest BCUT2D eigenvalue weighted by Gasteiger charge is -2.17.